The average molecular weight is 354 g/mol. The Labute approximate surface area is 130 Å². The summed E-state index contributed by atoms with van der Waals surface area (Å²) in [6.07, 6.45) is 0.656. The van der Waals surface area contributed by atoms with Crippen LogP contribution >= 0.6 is 15.9 Å². The number of fused-ring (bicyclic) bond motifs is 1. The molecule has 0 aliphatic carbocycles. The van der Waals surface area contributed by atoms with E-state index in [4.69, 9.17) is 4.42 Å². The van der Waals surface area contributed by atoms with Crippen LogP contribution in [0.15, 0.2) is 33.2 Å². The lowest BCUT2D eigenvalue weighted by molar-refractivity contribution is -0.140. The van der Waals surface area contributed by atoms with Crippen LogP contribution in [0.2, 0.25) is 0 Å². The van der Waals surface area contributed by atoms with Crippen LogP contribution in [0, 0.1) is 5.92 Å². The number of furan rings is 1. The fourth-order valence-corrected chi connectivity index (χ4v) is 2.50. The van der Waals surface area contributed by atoms with Crippen molar-refractivity contribution in [1.29, 1.82) is 0 Å². The standard InChI is InChI=1S/C15H16BrNO4/c1-3-8(2)12(15(19)20)17-14(18)11-7-9-5-4-6-10(16)13(9)21-11/h4-8,12H,3H2,1-2H3,(H,17,18)(H,19,20). The van der Waals surface area contributed by atoms with E-state index in [1.807, 2.05) is 25.1 Å². The van der Waals surface area contributed by atoms with Gasteiger partial charge in [0.15, 0.2) is 5.76 Å². The second-order valence-electron chi connectivity index (χ2n) is 4.94. The van der Waals surface area contributed by atoms with Crippen LogP contribution in [0.3, 0.4) is 0 Å². The van der Waals surface area contributed by atoms with E-state index in [9.17, 15) is 14.7 Å². The van der Waals surface area contributed by atoms with Crippen molar-refractivity contribution < 1.29 is 19.1 Å². The molecule has 0 bridgehead atoms. The number of hydrogen-bond acceptors (Lipinski definition) is 3. The number of carboxylic acids is 1. The predicted octanol–water partition coefficient (Wildman–Crippen LogP) is 3.42. The van der Waals surface area contributed by atoms with Gasteiger partial charge in [0, 0.05) is 5.39 Å². The van der Waals surface area contributed by atoms with Crippen molar-refractivity contribution in [2.75, 3.05) is 0 Å². The van der Waals surface area contributed by atoms with Crippen molar-refractivity contribution in [3.63, 3.8) is 0 Å². The molecule has 112 valence electrons. The number of nitrogens with one attached hydrogen (secondary N) is 1. The molecule has 0 fully saturated rings. The van der Waals surface area contributed by atoms with E-state index in [2.05, 4.69) is 21.2 Å². The lowest BCUT2D eigenvalue weighted by Crippen LogP contribution is -2.44. The summed E-state index contributed by atoms with van der Waals surface area (Å²) >= 11 is 3.35. The molecule has 0 aliphatic rings. The van der Waals surface area contributed by atoms with Crippen molar-refractivity contribution in [2.24, 2.45) is 5.92 Å². The molecule has 0 aliphatic heterocycles. The minimum Gasteiger partial charge on any atom is -0.480 e. The normalized spacial score (nSPS) is 13.9. The van der Waals surface area contributed by atoms with Crippen LogP contribution in [-0.2, 0) is 4.79 Å². The summed E-state index contributed by atoms with van der Waals surface area (Å²) in [6.45, 7) is 3.67. The number of benzene rings is 1. The average Bonchev–Trinajstić information content (AvgIpc) is 2.89. The highest BCUT2D eigenvalue weighted by Crippen LogP contribution is 2.27. The molecule has 1 heterocycles. The number of rotatable bonds is 5. The summed E-state index contributed by atoms with van der Waals surface area (Å²) in [4.78, 5) is 23.4. The van der Waals surface area contributed by atoms with Crippen LogP contribution in [0.4, 0.5) is 0 Å². The maximum Gasteiger partial charge on any atom is 0.326 e. The summed E-state index contributed by atoms with van der Waals surface area (Å²) in [6, 6.07) is 6.14. The third kappa shape index (κ3) is 3.26. The number of hydrogen-bond donors (Lipinski definition) is 2. The van der Waals surface area contributed by atoms with E-state index in [1.165, 1.54) is 0 Å². The van der Waals surface area contributed by atoms with Gasteiger partial charge in [-0.05, 0) is 34.0 Å². The number of carbonyl (C=O) groups excluding carboxylic acids is 1. The van der Waals surface area contributed by atoms with Gasteiger partial charge in [-0.3, -0.25) is 4.79 Å². The number of aliphatic carboxylic acids is 1. The van der Waals surface area contributed by atoms with Crippen molar-refractivity contribution >= 4 is 38.8 Å². The molecule has 1 aromatic carbocycles. The van der Waals surface area contributed by atoms with E-state index in [0.29, 0.717) is 12.0 Å². The molecule has 2 aromatic rings. The molecule has 2 rings (SSSR count). The molecule has 2 unspecified atom stereocenters. The Hall–Kier alpha value is -1.82. The van der Waals surface area contributed by atoms with Crippen LogP contribution in [0.1, 0.15) is 30.8 Å². The largest absolute Gasteiger partial charge is 0.480 e. The Morgan fingerprint density at radius 2 is 2.14 bits per heavy atom. The molecule has 0 saturated heterocycles. The van der Waals surface area contributed by atoms with Gasteiger partial charge in [0.1, 0.15) is 11.6 Å². The first kappa shape index (κ1) is 15.6. The van der Waals surface area contributed by atoms with E-state index < -0.39 is 17.9 Å². The fourth-order valence-electron chi connectivity index (χ4n) is 2.03. The van der Waals surface area contributed by atoms with Crippen LogP contribution in [0.25, 0.3) is 11.0 Å². The van der Waals surface area contributed by atoms with Gasteiger partial charge in [0.25, 0.3) is 5.91 Å². The summed E-state index contributed by atoms with van der Waals surface area (Å²) in [7, 11) is 0. The van der Waals surface area contributed by atoms with Gasteiger partial charge in [0.2, 0.25) is 0 Å². The first-order chi connectivity index (χ1) is 9.93. The summed E-state index contributed by atoms with van der Waals surface area (Å²) in [5, 5.41) is 12.5. The monoisotopic (exact) mass is 353 g/mol. The highest BCUT2D eigenvalue weighted by atomic mass is 79.9. The maximum absolute atomic E-state index is 12.2. The van der Waals surface area contributed by atoms with Gasteiger partial charge in [-0.1, -0.05) is 32.4 Å². The molecule has 2 N–H and O–H groups in total. The van der Waals surface area contributed by atoms with Gasteiger partial charge >= 0.3 is 5.97 Å². The fraction of sp³-hybridized carbons (Fsp3) is 0.333. The van der Waals surface area contributed by atoms with Crippen molar-refractivity contribution in [3.05, 3.63) is 34.5 Å². The quantitative estimate of drug-likeness (QED) is 0.862. The number of carboxylic acid groups (broad SMARTS) is 1. The van der Waals surface area contributed by atoms with Gasteiger partial charge in [0.05, 0.1) is 4.47 Å². The van der Waals surface area contributed by atoms with E-state index in [0.717, 1.165) is 9.86 Å². The zero-order valence-electron chi connectivity index (χ0n) is 11.7. The minimum absolute atomic E-state index is 0.103. The van der Waals surface area contributed by atoms with Crippen LogP contribution in [0.5, 0.6) is 0 Å². The Morgan fingerprint density at radius 1 is 1.43 bits per heavy atom. The number of halogens is 1. The lowest BCUT2D eigenvalue weighted by atomic mass is 9.99. The number of para-hydroxylation sites is 1. The zero-order valence-corrected chi connectivity index (χ0v) is 13.3. The maximum atomic E-state index is 12.2. The van der Waals surface area contributed by atoms with Crippen LogP contribution in [-0.4, -0.2) is 23.0 Å². The zero-order chi connectivity index (χ0) is 15.6. The summed E-state index contributed by atoms with van der Waals surface area (Å²) in [5.41, 5.74) is 0.568. The molecule has 21 heavy (non-hydrogen) atoms. The first-order valence-electron chi connectivity index (χ1n) is 6.65. The minimum atomic E-state index is -1.05. The molecule has 0 spiro atoms. The molecule has 1 amide bonds. The molecule has 1 aromatic heterocycles. The van der Waals surface area contributed by atoms with Gasteiger partial charge in [-0.2, -0.15) is 0 Å². The Morgan fingerprint density at radius 3 is 2.71 bits per heavy atom. The van der Waals surface area contributed by atoms with Crippen molar-refractivity contribution in [3.8, 4) is 0 Å². The van der Waals surface area contributed by atoms with Gasteiger partial charge in [-0.15, -0.1) is 0 Å². The third-order valence-corrected chi connectivity index (χ3v) is 4.11. The topological polar surface area (TPSA) is 79.5 Å². The molecule has 0 saturated carbocycles. The van der Waals surface area contributed by atoms with E-state index >= 15 is 0 Å². The van der Waals surface area contributed by atoms with Gasteiger partial charge in [-0.25, -0.2) is 4.79 Å². The van der Waals surface area contributed by atoms with E-state index in [1.54, 1.807) is 13.0 Å². The number of amides is 1. The summed E-state index contributed by atoms with van der Waals surface area (Å²) in [5.74, 6) is -1.63. The second kappa shape index (κ2) is 6.30. The highest BCUT2D eigenvalue weighted by Gasteiger charge is 2.27. The third-order valence-electron chi connectivity index (χ3n) is 3.49. The van der Waals surface area contributed by atoms with Crippen molar-refractivity contribution in [2.45, 2.75) is 26.3 Å². The number of carbonyl (C=O) groups is 2. The SMILES string of the molecule is CCC(C)C(NC(=O)c1cc2cccc(Br)c2o1)C(=O)O. The lowest BCUT2D eigenvalue weighted by Gasteiger charge is -2.19. The predicted molar refractivity (Wildman–Crippen MR) is 82.3 cm³/mol. The molecular weight excluding hydrogens is 338 g/mol. The Bertz CT molecular complexity index is 679. The Kier molecular flexibility index (Phi) is 4.67. The summed E-state index contributed by atoms with van der Waals surface area (Å²) < 4.78 is 6.25. The first-order valence-corrected chi connectivity index (χ1v) is 7.45. The molecule has 5 nitrogen and oxygen atoms in total. The van der Waals surface area contributed by atoms with Crippen molar-refractivity contribution in [1.82, 2.24) is 5.32 Å². The van der Waals surface area contributed by atoms with Gasteiger partial charge < -0.3 is 14.8 Å². The second-order valence-corrected chi connectivity index (χ2v) is 5.80. The molecule has 6 heteroatoms. The smallest absolute Gasteiger partial charge is 0.326 e. The van der Waals surface area contributed by atoms with Crippen LogP contribution < -0.4 is 5.32 Å². The Balaban J connectivity index is 2.25. The molecule has 2 atom stereocenters. The molecule has 0 radical (unpaired) electrons. The highest BCUT2D eigenvalue weighted by molar-refractivity contribution is 9.10. The molecular formula is C15H16BrNO4. The van der Waals surface area contributed by atoms with E-state index in [-0.39, 0.29) is 11.7 Å².